The number of benzene rings is 2. The monoisotopic (exact) mass is 348 g/mol. The zero-order chi connectivity index (χ0) is 16.8. The summed E-state index contributed by atoms with van der Waals surface area (Å²) in [6.45, 7) is 1.84. The lowest BCUT2D eigenvalue weighted by Crippen LogP contribution is -2.14. The fourth-order valence-corrected chi connectivity index (χ4v) is 3.59. The molecule has 0 saturated carbocycles. The minimum absolute atomic E-state index is 0.0163. The number of carbonyl (C=O) groups excluding carboxylic acids is 1. The summed E-state index contributed by atoms with van der Waals surface area (Å²) in [6, 6.07) is 11.6. The van der Waals surface area contributed by atoms with Gasteiger partial charge < -0.3 is 4.98 Å². The van der Waals surface area contributed by atoms with Crippen LogP contribution in [0.4, 0.5) is 0 Å². The topological polar surface area (TPSA) is 93.0 Å². The Morgan fingerprint density at radius 1 is 1.17 bits per heavy atom. The average molecular weight is 349 g/mol. The molecule has 0 bridgehead atoms. The number of hydrogen-bond donors (Lipinski definition) is 2. The number of H-pyrrole nitrogens is 1. The van der Waals surface area contributed by atoms with Gasteiger partial charge in [-0.1, -0.05) is 29.8 Å². The Bertz CT molecular complexity index is 1040. The zero-order valence-electron chi connectivity index (χ0n) is 12.1. The van der Waals surface area contributed by atoms with Crippen molar-refractivity contribution in [2.24, 2.45) is 5.14 Å². The molecule has 0 fully saturated rings. The molecule has 0 amide bonds. The van der Waals surface area contributed by atoms with E-state index >= 15 is 0 Å². The van der Waals surface area contributed by atoms with Gasteiger partial charge in [-0.2, -0.15) is 0 Å². The van der Waals surface area contributed by atoms with E-state index in [1.165, 1.54) is 18.2 Å². The van der Waals surface area contributed by atoms with Crippen molar-refractivity contribution in [3.8, 4) is 0 Å². The highest BCUT2D eigenvalue weighted by Crippen LogP contribution is 2.26. The molecule has 1 aromatic heterocycles. The molecule has 0 saturated heterocycles. The second-order valence-corrected chi connectivity index (χ2v) is 7.13. The second-order valence-electron chi connectivity index (χ2n) is 5.19. The molecule has 118 valence electrons. The maximum absolute atomic E-state index is 12.7. The number of aryl methyl sites for hydroxylation is 1. The standard InChI is InChI=1S/C16H13ClN2O3S/c1-9-11-4-2-3-5-13(11)19-15(9)16(20)10-6-7-12(17)14(8-10)23(18,21)22/h2-8,19H,1H3,(H2,18,21,22). The number of para-hydroxylation sites is 1. The number of nitrogens with two attached hydrogens (primary N) is 1. The molecule has 2 aromatic carbocycles. The van der Waals surface area contributed by atoms with Gasteiger partial charge in [-0.25, -0.2) is 13.6 Å². The van der Waals surface area contributed by atoms with Crippen LogP contribution in [0, 0.1) is 6.92 Å². The first-order valence-electron chi connectivity index (χ1n) is 6.73. The van der Waals surface area contributed by atoms with Gasteiger partial charge in [0.1, 0.15) is 4.90 Å². The predicted octanol–water partition coefficient (Wildman–Crippen LogP) is 3.01. The highest BCUT2D eigenvalue weighted by molar-refractivity contribution is 7.89. The first kappa shape index (κ1) is 15.7. The van der Waals surface area contributed by atoms with Crippen molar-refractivity contribution in [1.29, 1.82) is 0 Å². The Morgan fingerprint density at radius 3 is 2.52 bits per heavy atom. The number of fused-ring (bicyclic) bond motifs is 1. The molecular formula is C16H13ClN2O3S. The van der Waals surface area contributed by atoms with E-state index in [1.807, 2.05) is 31.2 Å². The number of hydrogen-bond acceptors (Lipinski definition) is 3. The fourth-order valence-electron chi connectivity index (χ4n) is 2.52. The third-order valence-corrected chi connectivity index (χ3v) is 5.09. The van der Waals surface area contributed by atoms with E-state index in [0.717, 1.165) is 16.5 Å². The molecule has 0 aliphatic carbocycles. The third kappa shape index (κ3) is 2.76. The average Bonchev–Trinajstić information content (AvgIpc) is 2.83. The summed E-state index contributed by atoms with van der Waals surface area (Å²) in [5, 5.41) is 6.05. The van der Waals surface area contributed by atoms with Crippen molar-refractivity contribution in [2.75, 3.05) is 0 Å². The summed E-state index contributed by atoms with van der Waals surface area (Å²) < 4.78 is 23.1. The number of aromatic amines is 1. The molecule has 7 heteroatoms. The van der Waals surface area contributed by atoms with Gasteiger partial charge in [0.25, 0.3) is 0 Å². The number of carbonyl (C=O) groups is 1. The van der Waals surface area contributed by atoms with Crippen molar-refractivity contribution in [3.63, 3.8) is 0 Å². The van der Waals surface area contributed by atoms with Crippen LogP contribution in [0.5, 0.6) is 0 Å². The van der Waals surface area contributed by atoms with Crippen LogP contribution in [0.25, 0.3) is 10.9 Å². The van der Waals surface area contributed by atoms with Crippen LogP contribution in [0.1, 0.15) is 21.6 Å². The Labute approximate surface area is 138 Å². The predicted molar refractivity (Wildman–Crippen MR) is 89.3 cm³/mol. The van der Waals surface area contributed by atoms with Gasteiger partial charge in [0.05, 0.1) is 10.7 Å². The van der Waals surface area contributed by atoms with E-state index < -0.39 is 10.0 Å². The Hall–Kier alpha value is -2.15. The Morgan fingerprint density at radius 2 is 1.87 bits per heavy atom. The maximum atomic E-state index is 12.7. The smallest absolute Gasteiger partial charge is 0.239 e. The Kier molecular flexibility index (Phi) is 3.75. The summed E-state index contributed by atoms with van der Waals surface area (Å²) >= 11 is 5.85. The van der Waals surface area contributed by atoms with Crippen molar-refractivity contribution in [2.45, 2.75) is 11.8 Å². The number of ketones is 1. The molecule has 0 aliphatic rings. The molecule has 0 atom stereocenters. The largest absolute Gasteiger partial charge is 0.352 e. The molecule has 3 N–H and O–H groups in total. The molecule has 1 heterocycles. The number of sulfonamides is 1. The van der Waals surface area contributed by atoms with Crippen LogP contribution in [0.3, 0.4) is 0 Å². The van der Waals surface area contributed by atoms with E-state index in [9.17, 15) is 13.2 Å². The lowest BCUT2D eigenvalue weighted by atomic mass is 10.0. The summed E-state index contributed by atoms with van der Waals surface area (Å²) in [4.78, 5) is 15.5. The third-order valence-electron chi connectivity index (χ3n) is 3.69. The van der Waals surface area contributed by atoms with Crippen LogP contribution >= 0.6 is 11.6 Å². The zero-order valence-corrected chi connectivity index (χ0v) is 13.7. The first-order chi connectivity index (χ1) is 10.8. The number of rotatable bonds is 3. The minimum atomic E-state index is -4.00. The highest BCUT2D eigenvalue weighted by Gasteiger charge is 2.20. The highest BCUT2D eigenvalue weighted by atomic mass is 35.5. The van der Waals surface area contributed by atoms with Gasteiger partial charge in [0, 0.05) is 16.5 Å². The van der Waals surface area contributed by atoms with E-state index in [1.54, 1.807) is 0 Å². The molecule has 0 radical (unpaired) electrons. The fraction of sp³-hybridized carbons (Fsp3) is 0.0625. The molecule has 23 heavy (non-hydrogen) atoms. The normalized spacial score (nSPS) is 11.8. The molecular weight excluding hydrogens is 336 g/mol. The summed E-state index contributed by atoms with van der Waals surface area (Å²) in [5.41, 5.74) is 2.26. The minimum Gasteiger partial charge on any atom is -0.352 e. The number of aromatic nitrogens is 1. The van der Waals surface area contributed by atoms with Crippen molar-refractivity contribution in [3.05, 3.63) is 64.3 Å². The Balaban J connectivity index is 2.15. The number of halogens is 1. The molecule has 3 aromatic rings. The van der Waals surface area contributed by atoms with Gasteiger partial charge >= 0.3 is 0 Å². The lowest BCUT2D eigenvalue weighted by molar-refractivity contribution is 0.103. The summed E-state index contributed by atoms with van der Waals surface area (Å²) in [6.07, 6.45) is 0. The first-order valence-corrected chi connectivity index (χ1v) is 8.66. The summed E-state index contributed by atoms with van der Waals surface area (Å²) in [7, 11) is -4.00. The van der Waals surface area contributed by atoms with E-state index in [2.05, 4.69) is 4.98 Å². The number of nitrogens with one attached hydrogen (secondary N) is 1. The number of primary sulfonamides is 1. The van der Waals surface area contributed by atoms with Gasteiger partial charge in [-0.15, -0.1) is 0 Å². The van der Waals surface area contributed by atoms with E-state index in [0.29, 0.717) is 5.69 Å². The van der Waals surface area contributed by atoms with Gasteiger partial charge in [-0.3, -0.25) is 4.79 Å². The lowest BCUT2D eigenvalue weighted by Gasteiger charge is -2.05. The molecule has 0 spiro atoms. The summed E-state index contributed by atoms with van der Waals surface area (Å²) in [5.74, 6) is -0.319. The van der Waals surface area contributed by atoms with E-state index in [-0.39, 0.29) is 21.3 Å². The second kappa shape index (κ2) is 5.49. The van der Waals surface area contributed by atoms with Crippen LogP contribution < -0.4 is 5.14 Å². The van der Waals surface area contributed by atoms with Crippen molar-refractivity contribution in [1.82, 2.24) is 4.98 Å². The molecule has 5 nitrogen and oxygen atoms in total. The van der Waals surface area contributed by atoms with Crippen molar-refractivity contribution < 1.29 is 13.2 Å². The maximum Gasteiger partial charge on any atom is 0.239 e. The molecule has 3 rings (SSSR count). The van der Waals surface area contributed by atoms with Crippen LogP contribution in [0.2, 0.25) is 5.02 Å². The van der Waals surface area contributed by atoms with Crippen LogP contribution in [-0.2, 0) is 10.0 Å². The van der Waals surface area contributed by atoms with Crippen molar-refractivity contribution >= 4 is 38.3 Å². The quantitative estimate of drug-likeness (QED) is 0.712. The van der Waals surface area contributed by atoms with E-state index in [4.69, 9.17) is 16.7 Å². The van der Waals surface area contributed by atoms with Crippen LogP contribution in [0.15, 0.2) is 47.4 Å². The SMILES string of the molecule is Cc1c(C(=O)c2ccc(Cl)c(S(N)(=O)=O)c2)[nH]c2ccccc12. The van der Waals surface area contributed by atoms with Gasteiger partial charge in [0.2, 0.25) is 15.8 Å². The van der Waals surface area contributed by atoms with Gasteiger partial charge in [0.15, 0.2) is 0 Å². The molecule has 0 aliphatic heterocycles. The van der Waals surface area contributed by atoms with Gasteiger partial charge in [-0.05, 0) is 36.8 Å². The molecule has 0 unspecified atom stereocenters. The van der Waals surface area contributed by atoms with Crippen LogP contribution in [-0.4, -0.2) is 19.2 Å².